The van der Waals surface area contributed by atoms with Gasteiger partial charge in [0.15, 0.2) is 0 Å². The molecule has 2 aromatic carbocycles. The number of benzene rings is 2. The Hall–Kier alpha value is -3.56. The fraction of sp³-hybridized carbons (Fsp3) is 0.314. The summed E-state index contributed by atoms with van der Waals surface area (Å²) >= 11 is 0. The van der Waals surface area contributed by atoms with Gasteiger partial charge in [-0.3, -0.25) is 4.90 Å². The summed E-state index contributed by atoms with van der Waals surface area (Å²) in [5.41, 5.74) is 10.2. The van der Waals surface area contributed by atoms with Gasteiger partial charge >= 0.3 is 0 Å². The Labute approximate surface area is 225 Å². The Morgan fingerprint density at radius 1 is 1.03 bits per heavy atom. The van der Waals surface area contributed by atoms with Gasteiger partial charge in [-0.2, -0.15) is 0 Å². The molecule has 2 aliphatic heterocycles. The van der Waals surface area contributed by atoms with Crippen LogP contribution >= 0.6 is 0 Å². The fourth-order valence-electron chi connectivity index (χ4n) is 7.61. The van der Waals surface area contributed by atoms with Crippen molar-refractivity contribution in [2.45, 2.75) is 57.9 Å². The SMILES string of the molecule is C/C(=C/N1C2C=CC=CC2N2Cc3cc4c(cc3C12)c1c(n4C)C=CC2=c3ccccc3=CCC21)C(C)C. The van der Waals surface area contributed by atoms with E-state index in [1.807, 2.05) is 0 Å². The maximum absolute atomic E-state index is 2.72. The predicted octanol–water partition coefficient (Wildman–Crippen LogP) is 5.88. The van der Waals surface area contributed by atoms with Gasteiger partial charge in [0.25, 0.3) is 0 Å². The number of fused-ring (bicyclic) bond motifs is 11. The molecule has 1 aromatic heterocycles. The summed E-state index contributed by atoms with van der Waals surface area (Å²) in [5.74, 6) is 0.960. The van der Waals surface area contributed by atoms with Crippen molar-refractivity contribution in [3.05, 3.63) is 111 Å². The van der Waals surface area contributed by atoms with Crippen LogP contribution in [0.15, 0.2) is 78.6 Å². The first-order valence-corrected chi connectivity index (χ1v) is 14.2. The maximum Gasteiger partial charge on any atom is 0.110 e. The molecule has 3 nitrogen and oxygen atoms in total. The number of rotatable bonds is 2. The third kappa shape index (κ3) is 2.94. The minimum Gasteiger partial charge on any atom is -0.350 e. The van der Waals surface area contributed by atoms with Crippen LogP contribution in [0.2, 0.25) is 0 Å². The van der Waals surface area contributed by atoms with Crippen LogP contribution in [-0.2, 0) is 13.6 Å². The lowest BCUT2D eigenvalue weighted by atomic mass is 9.79. The van der Waals surface area contributed by atoms with E-state index in [1.54, 1.807) is 0 Å². The van der Waals surface area contributed by atoms with E-state index >= 15 is 0 Å². The van der Waals surface area contributed by atoms with Crippen molar-refractivity contribution in [2.24, 2.45) is 13.0 Å². The van der Waals surface area contributed by atoms with Gasteiger partial charge in [-0.1, -0.05) is 80.1 Å². The highest BCUT2D eigenvalue weighted by Gasteiger charge is 2.49. The summed E-state index contributed by atoms with van der Waals surface area (Å²) in [6.45, 7) is 7.90. The van der Waals surface area contributed by atoms with E-state index in [0.29, 0.717) is 23.9 Å². The van der Waals surface area contributed by atoms with Crippen LogP contribution in [-0.4, -0.2) is 26.5 Å². The smallest absolute Gasteiger partial charge is 0.110 e. The Balaban J connectivity index is 1.32. The molecule has 0 radical (unpaired) electrons. The molecule has 3 heteroatoms. The lowest BCUT2D eigenvalue weighted by Gasteiger charge is -2.29. The lowest BCUT2D eigenvalue weighted by Crippen LogP contribution is -2.34. The first kappa shape index (κ1) is 22.4. The summed E-state index contributed by atoms with van der Waals surface area (Å²) in [6, 6.07) is 14.8. The summed E-state index contributed by atoms with van der Waals surface area (Å²) < 4.78 is 2.44. The van der Waals surface area contributed by atoms with Crippen molar-refractivity contribution in [3.63, 3.8) is 0 Å². The standard InChI is InChI=1S/C35H35N3/c1-21(2)22(3)19-37-30-11-7-8-12-31(30)38-20-24-17-33-29(18-28(24)35(37)38)34-27-14-13-23-9-5-6-10-25(23)26(27)15-16-32(34)36(33)4/h5-13,15-19,21,27,30-31,35H,14,20H2,1-4H3/b22-19-. The molecule has 4 atom stereocenters. The second-order valence-electron chi connectivity index (χ2n) is 12.1. The van der Waals surface area contributed by atoms with Crippen LogP contribution in [0.25, 0.3) is 28.6 Å². The molecule has 0 bridgehead atoms. The van der Waals surface area contributed by atoms with Gasteiger partial charge in [0.05, 0.1) is 12.1 Å². The number of hydrogen-bond acceptors (Lipinski definition) is 2. The maximum atomic E-state index is 2.72. The predicted molar refractivity (Wildman–Crippen MR) is 157 cm³/mol. The zero-order chi connectivity index (χ0) is 25.7. The van der Waals surface area contributed by atoms with Crippen molar-refractivity contribution in [1.29, 1.82) is 0 Å². The quantitative estimate of drug-likeness (QED) is 0.438. The minimum atomic E-state index is 0.280. The van der Waals surface area contributed by atoms with E-state index in [1.165, 1.54) is 54.9 Å². The van der Waals surface area contributed by atoms with Gasteiger partial charge in [0, 0.05) is 42.3 Å². The molecule has 4 unspecified atom stereocenters. The second kappa shape index (κ2) is 7.97. The highest BCUT2D eigenvalue weighted by atomic mass is 15.5. The summed E-state index contributed by atoms with van der Waals surface area (Å²) in [5, 5.41) is 4.21. The molecule has 3 aromatic rings. The van der Waals surface area contributed by atoms with E-state index in [4.69, 9.17) is 0 Å². The van der Waals surface area contributed by atoms with E-state index in [0.717, 1.165) is 13.0 Å². The molecule has 3 heterocycles. The molecule has 38 heavy (non-hydrogen) atoms. The van der Waals surface area contributed by atoms with Crippen LogP contribution in [0.1, 0.15) is 61.7 Å². The molecule has 0 spiro atoms. The van der Waals surface area contributed by atoms with Gasteiger partial charge in [0.2, 0.25) is 0 Å². The molecule has 1 fully saturated rings. The zero-order valence-corrected chi connectivity index (χ0v) is 22.7. The van der Waals surface area contributed by atoms with Crippen LogP contribution < -0.4 is 10.4 Å². The monoisotopic (exact) mass is 497 g/mol. The van der Waals surface area contributed by atoms with E-state index in [-0.39, 0.29) is 6.17 Å². The lowest BCUT2D eigenvalue weighted by molar-refractivity contribution is 0.177. The van der Waals surface area contributed by atoms with E-state index in [9.17, 15) is 0 Å². The molecular weight excluding hydrogens is 462 g/mol. The number of aryl methyl sites for hydroxylation is 1. The van der Waals surface area contributed by atoms with Crippen LogP contribution in [0.5, 0.6) is 0 Å². The topological polar surface area (TPSA) is 11.4 Å². The van der Waals surface area contributed by atoms with Crippen LogP contribution in [0, 0.1) is 5.92 Å². The zero-order valence-electron chi connectivity index (χ0n) is 22.7. The number of nitrogens with zero attached hydrogens (tertiary/aromatic N) is 3. The largest absolute Gasteiger partial charge is 0.350 e. The molecule has 0 N–H and O–H groups in total. The van der Waals surface area contributed by atoms with Crippen molar-refractivity contribution >= 4 is 28.6 Å². The van der Waals surface area contributed by atoms with Gasteiger partial charge in [-0.25, -0.2) is 0 Å². The molecule has 3 aliphatic carbocycles. The van der Waals surface area contributed by atoms with Crippen LogP contribution in [0.4, 0.5) is 0 Å². The fourth-order valence-corrected chi connectivity index (χ4v) is 7.61. The van der Waals surface area contributed by atoms with Gasteiger partial charge in [-0.15, -0.1) is 0 Å². The molecule has 190 valence electrons. The average Bonchev–Trinajstić information content (AvgIpc) is 3.55. The normalized spacial score (nSPS) is 26.8. The first-order valence-electron chi connectivity index (χ1n) is 14.2. The summed E-state index contributed by atoms with van der Waals surface area (Å²) in [6.07, 6.45) is 20.3. The summed E-state index contributed by atoms with van der Waals surface area (Å²) in [7, 11) is 2.26. The highest BCUT2D eigenvalue weighted by Crippen LogP contribution is 2.50. The Morgan fingerprint density at radius 2 is 1.84 bits per heavy atom. The van der Waals surface area contributed by atoms with E-state index < -0.39 is 0 Å². The molecule has 1 saturated heterocycles. The third-order valence-electron chi connectivity index (χ3n) is 9.83. The molecule has 0 amide bonds. The van der Waals surface area contributed by atoms with Gasteiger partial charge in [-0.05, 0) is 70.2 Å². The second-order valence-corrected chi connectivity index (χ2v) is 12.1. The van der Waals surface area contributed by atoms with Gasteiger partial charge in [0.1, 0.15) is 6.17 Å². The Morgan fingerprint density at radius 3 is 2.68 bits per heavy atom. The van der Waals surface area contributed by atoms with Crippen molar-refractivity contribution in [2.75, 3.05) is 0 Å². The number of allylic oxidation sites excluding steroid dienone is 4. The minimum absolute atomic E-state index is 0.280. The molecule has 0 saturated carbocycles. The molecular formula is C35H35N3. The van der Waals surface area contributed by atoms with Crippen molar-refractivity contribution < 1.29 is 0 Å². The highest BCUT2D eigenvalue weighted by molar-refractivity contribution is 5.95. The Bertz CT molecular complexity index is 1760. The average molecular weight is 498 g/mol. The summed E-state index contributed by atoms with van der Waals surface area (Å²) in [4.78, 5) is 5.36. The van der Waals surface area contributed by atoms with Crippen molar-refractivity contribution in [1.82, 2.24) is 14.4 Å². The first-order chi connectivity index (χ1) is 18.5. The molecule has 8 rings (SSSR count). The van der Waals surface area contributed by atoms with E-state index in [2.05, 4.69) is 127 Å². The molecule has 5 aliphatic rings. The van der Waals surface area contributed by atoms with Gasteiger partial charge < -0.3 is 9.47 Å². The Kier molecular flexibility index (Phi) is 4.70. The number of aromatic nitrogens is 1. The van der Waals surface area contributed by atoms with Crippen molar-refractivity contribution in [3.8, 4) is 0 Å². The number of hydrogen-bond donors (Lipinski definition) is 0. The third-order valence-corrected chi connectivity index (χ3v) is 9.83. The van der Waals surface area contributed by atoms with Crippen LogP contribution in [0.3, 0.4) is 0 Å².